The number of benzene rings is 3. The van der Waals surface area contributed by atoms with Crippen LogP contribution in [-0.4, -0.2) is 42.9 Å². The van der Waals surface area contributed by atoms with Crippen LogP contribution in [0.2, 0.25) is 0 Å². The van der Waals surface area contributed by atoms with E-state index in [9.17, 15) is 9.59 Å². The summed E-state index contributed by atoms with van der Waals surface area (Å²) in [4.78, 5) is 29.1. The number of piperazine rings is 1. The zero-order valence-corrected chi connectivity index (χ0v) is 16.9. The van der Waals surface area contributed by atoms with Gasteiger partial charge < -0.3 is 15.1 Å². The van der Waals surface area contributed by atoms with Gasteiger partial charge in [0, 0.05) is 49.0 Å². The van der Waals surface area contributed by atoms with E-state index in [1.807, 2.05) is 65.6 Å². The normalized spacial score (nSPS) is 16.5. The highest BCUT2D eigenvalue weighted by molar-refractivity contribution is 5.98. The molecule has 0 radical (unpaired) electrons. The van der Waals surface area contributed by atoms with Crippen molar-refractivity contribution in [2.24, 2.45) is 5.92 Å². The van der Waals surface area contributed by atoms with Gasteiger partial charge in [-0.25, -0.2) is 0 Å². The van der Waals surface area contributed by atoms with Crippen molar-refractivity contribution in [2.75, 3.05) is 36.4 Å². The smallest absolute Gasteiger partial charge is 0.253 e. The summed E-state index contributed by atoms with van der Waals surface area (Å²) < 4.78 is 0. The topological polar surface area (TPSA) is 52.7 Å². The third-order valence-electron chi connectivity index (χ3n) is 6.01. The summed E-state index contributed by atoms with van der Waals surface area (Å²) in [6.45, 7) is 3.00. The minimum Gasteiger partial charge on any atom is -0.368 e. The molecule has 2 fully saturated rings. The molecule has 0 bridgehead atoms. The molecule has 1 aliphatic heterocycles. The first-order valence-electron chi connectivity index (χ1n) is 10.6. The molecule has 5 nitrogen and oxygen atoms in total. The maximum atomic E-state index is 13.0. The van der Waals surface area contributed by atoms with Gasteiger partial charge in [0.25, 0.3) is 5.91 Å². The lowest BCUT2D eigenvalue weighted by atomic mass is 10.1. The highest BCUT2D eigenvalue weighted by atomic mass is 16.2. The van der Waals surface area contributed by atoms with Gasteiger partial charge >= 0.3 is 0 Å². The van der Waals surface area contributed by atoms with E-state index in [1.165, 1.54) is 0 Å². The highest BCUT2D eigenvalue weighted by Gasteiger charge is 2.29. The maximum Gasteiger partial charge on any atom is 0.253 e. The van der Waals surface area contributed by atoms with E-state index >= 15 is 0 Å². The predicted molar refractivity (Wildman–Crippen MR) is 120 cm³/mol. The van der Waals surface area contributed by atoms with E-state index in [0.717, 1.165) is 53.6 Å². The Morgan fingerprint density at radius 2 is 1.50 bits per heavy atom. The number of anilines is 2. The molecule has 0 spiro atoms. The summed E-state index contributed by atoms with van der Waals surface area (Å²) in [5.74, 6) is 0.431. The van der Waals surface area contributed by atoms with Gasteiger partial charge in [0.1, 0.15) is 0 Å². The molecule has 1 saturated heterocycles. The molecule has 0 aromatic heterocycles. The molecule has 152 valence electrons. The molecule has 1 N–H and O–H groups in total. The van der Waals surface area contributed by atoms with Crippen LogP contribution in [0.15, 0.2) is 66.7 Å². The first-order valence-corrected chi connectivity index (χ1v) is 10.6. The monoisotopic (exact) mass is 399 g/mol. The Morgan fingerprint density at radius 3 is 2.20 bits per heavy atom. The van der Waals surface area contributed by atoms with Crippen molar-refractivity contribution in [1.29, 1.82) is 0 Å². The lowest BCUT2D eigenvalue weighted by molar-refractivity contribution is -0.117. The summed E-state index contributed by atoms with van der Waals surface area (Å²) in [6, 6.07) is 22.0. The van der Waals surface area contributed by atoms with Gasteiger partial charge in [-0.15, -0.1) is 0 Å². The fourth-order valence-corrected chi connectivity index (χ4v) is 4.02. The average molecular weight is 399 g/mol. The Bertz CT molecular complexity index is 1080. The van der Waals surface area contributed by atoms with Crippen LogP contribution in [-0.2, 0) is 4.79 Å². The van der Waals surface area contributed by atoms with Crippen LogP contribution in [0.5, 0.6) is 0 Å². The van der Waals surface area contributed by atoms with Crippen LogP contribution < -0.4 is 10.2 Å². The van der Waals surface area contributed by atoms with Crippen molar-refractivity contribution in [2.45, 2.75) is 12.8 Å². The van der Waals surface area contributed by atoms with E-state index in [1.54, 1.807) is 0 Å². The van der Waals surface area contributed by atoms with Gasteiger partial charge in [-0.1, -0.05) is 30.3 Å². The molecule has 1 aliphatic carbocycles. The number of hydrogen-bond donors (Lipinski definition) is 1. The molecule has 1 heterocycles. The van der Waals surface area contributed by atoms with Crippen LogP contribution in [0, 0.1) is 5.92 Å². The minimum atomic E-state index is 0.0959. The second kappa shape index (κ2) is 7.82. The zero-order valence-electron chi connectivity index (χ0n) is 16.9. The van der Waals surface area contributed by atoms with Crippen LogP contribution in [0.4, 0.5) is 11.4 Å². The van der Waals surface area contributed by atoms with Gasteiger partial charge in [0.15, 0.2) is 0 Å². The van der Waals surface area contributed by atoms with Crippen molar-refractivity contribution in [3.63, 3.8) is 0 Å². The van der Waals surface area contributed by atoms with Crippen molar-refractivity contribution in [3.8, 4) is 0 Å². The second-order valence-electron chi connectivity index (χ2n) is 8.15. The Hall–Kier alpha value is -3.34. The lowest BCUT2D eigenvalue weighted by Gasteiger charge is -2.36. The van der Waals surface area contributed by atoms with E-state index in [0.29, 0.717) is 13.1 Å². The Balaban J connectivity index is 1.20. The summed E-state index contributed by atoms with van der Waals surface area (Å²) in [5, 5.41) is 5.22. The summed E-state index contributed by atoms with van der Waals surface area (Å²) in [6.07, 6.45) is 2.01. The summed E-state index contributed by atoms with van der Waals surface area (Å²) in [7, 11) is 0. The lowest BCUT2D eigenvalue weighted by Crippen LogP contribution is -2.48. The SMILES string of the molecule is O=C(Nc1ccc(N2CCN(C(=O)c3ccc4ccccc4c3)CC2)cc1)C1CC1. The third-order valence-corrected chi connectivity index (χ3v) is 6.01. The number of amides is 2. The minimum absolute atomic E-state index is 0.0959. The van der Waals surface area contributed by atoms with Crippen LogP contribution >= 0.6 is 0 Å². The average Bonchev–Trinajstić information content (AvgIpc) is 3.65. The molecular formula is C25H25N3O2. The highest BCUT2D eigenvalue weighted by Crippen LogP contribution is 2.30. The molecule has 0 atom stereocenters. The number of carbonyl (C=O) groups excluding carboxylic acids is 2. The largest absolute Gasteiger partial charge is 0.368 e. The molecule has 0 unspecified atom stereocenters. The first kappa shape index (κ1) is 18.7. The molecular weight excluding hydrogens is 374 g/mol. The number of nitrogens with one attached hydrogen (secondary N) is 1. The number of carbonyl (C=O) groups is 2. The Kier molecular flexibility index (Phi) is 4.87. The number of rotatable bonds is 4. The fourth-order valence-electron chi connectivity index (χ4n) is 4.02. The Labute approximate surface area is 176 Å². The fraction of sp³-hybridized carbons (Fsp3) is 0.280. The molecule has 2 aliphatic rings. The van der Waals surface area contributed by atoms with Crippen molar-refractivity contribution in [3.05, 3.63) is 72.3 Å². The van der Waals surface area contributed by atoms with Gasteiger partial charge in [0.05, 0.1) is 0 Å². The number of hydrogen-bond acceptors (Lipinski definition) is 3. The molecule has 1 saturated carbocycles. The molecule has 2 amide bonds. The van der Waals surface area contributed by atoms with Crippen molar-refractivity contribution in [1.82, 2.24) is 4.90 Å². The molecule has 5 heteroatoms. The van der Waals surface area contributed by atoms with Crippen molar-refractivity contribution >= 4 is 34.0 Å². The van der Waals surface area contributed by atoms with Crippen LogP contribution in [0.3, 0.4) is 0 Å². The molecule has 3 aromatic carbocycles. The zero-order chi connectivity index (χ0) is 20.5. The second-order valence-corrected chi connectivity index (χ2v) is 8.15. The quantitative estimate of drug-likeness (QED) is 0.717. The van der Waals surface area contributed by atoms with Gasteiger partial charge in [-0.2, -0.15) is 0 Å². The third kappa shape index (κ3) is 3.88. The number of nitrogens with zero attached hydrogens (tertiary/aromatic N) is 2. The van der Waals surface area contributed by atoms with Gasteiger partial charge in [-0.3, -0.25) is 9.59 Å². The number of fused-ring (bicyclic) bond motifs is 1. The van der Waals surface area contributed by atoms with E-state index in [-0.39, 0.29) is 17.7 Å². The summed E-state index contributed by atoms with van der Waals surface area (Å²) >= 11 is 0. The maximum absolute atomic E-state index is 13.0. The van der Waals surface area contributed by atoms with E-state index < -0.39 is 0 Å². The van der Waals surface area contributed by atoms with Gasteiger partial charge in [0.2, 0.25) is 5.91 Å². The summed E-state index contributed by atoms with van der Waals surface area (Å²) in [5.41, 5.74) is 2.72. The molecule has 3 aromatic rings. The standard InChI is InChI=1S/C25H25N3O2/c29-24(19-6-7-19)26-22-9-11-23(12-10-22)27-13-15-28(16-14-27)25(30)21-8-5-18-3-1-2-4-20(18)17-21/h1-5,8-12,17,19H,6-7,13-16H2,(H,26,29). The molecule has 30 heavy (non-hydrogen) atoms. The van der Waals surface area contributed by atoms with E-state index in [2.05, 4.69) is 16.3 Å². The predicted octanol–water partition coefficient (Wildman–Crippen LogP) is 4.15. The van der Waals surface area contributed by atoms with Gasteiger partial charge in [-0.05, 0) is 60.0 Å². The first-order chi connectivity index (χ1) is 14.7. The van der Waals surface area contributed by atoms with E-state index in [4.69, 9.17) is 0 Å². The molecule has 5 rings (SSSR count). The van der Waals surface area contributed by atoms with Crippen molar-refractivity contribution < 1.29 is 9.59 Å². The Morgan fingerprint density at radius 1 is 0.800 bits per heavy atom. The van der Waals surface area contributed by atoms with Crippen LogP contribution in [0.1, 0.15) is 23.2 Å². The van der Waals surface area contributed by atoms with Crippen LogP contribution in [0.25, 0.3) is 10.8 Å².